The van der Waals surface area contributed by atoms with Crippen molar-refractivity contribution < 1.29 is 29.0 Å². The van der Waals surface area contributed by atoms with Crippen LogP contribution in [0.25, 0.3) is 0 Å². The highest BCUT2D eigenvalue weighted by Crippen LogP contribution is 2.31. The number of hydrogen-bond donors (Lipinski definition) is 2. The zero-order chi connectivity index (χ0) is 20.5. The molecule has 1 aromatic carbocycles. The van der Waals surface area contributed by atoms with Gasteiger partial charge in [-0.05, 0) is 25.0 Å². The lowest BCUT2D eigenvalue weighted by Crippen LogP contribution is -2.43. The number of carbonyl (C=O) groups excluding carboxylic acids is 2. The molecular weight excluding hydrogens is 364 g/mol. The van der Waals surface area contributed by atoms with Crippen LogP contribution in [0.15, 0.2) is 18.2 Å². The van der Waals surface area contributed by atoms with Crippen LogP contribution in [0.2, 0.25) is 0 Å². The Morgan fingerprint density at radius 2 is 1.93 bits per heavy atom. The number of rotatable bonds is 8. The summed E-state index contributed by atoms with van der Waals surface area (Å²) in [6.45, 7) is 0.467. The maximum Gasteiger partial charge on any atom is 0.305 e. The molecule has 1 aromatic rings. The molecule has 0 spiro atoms. The fourth-order valence-corrected chi connectivity index (χ4v) is 3.32. The molecule has 1 heterocycles. The first-order valence-electron chi connectivity index (χ1n) is 9.45. The molecule has 1 atom stereocenters. The number of methoxy groups -OCH3 is 2. The molecule has 1 fully saturated rings. The third-order valence-corrected chi connectivity index (χ3v) is 4.79. The highest BCUT2D eigenvalue weighted by atomic mass is 16.5. The van der Waals surface area contributed by atoms with E-state index in [1.54, 1.807) is 23.1 Å². The lowest BCUT2D eigenvalue weighted by atomic mass is 10.0. The van der Waals surface area contributed by atoms with Gasteiger partial charge in [-0.15, -0.1) is 0 Å². The monoisotopic (exact) mass is 392 g/mol. The molecule has 0 aliphatic carbocycles. The van der Waals surface area contributed by atoms with Crippen LogP contribution in [0, 0.1) is 0 Å². The number of ether oxygens (including phenoxy) is 2. The Morgan fingerprint density at radius 1 is 1.18 bits per heavy atom. The summed E-state index contributed by atoms with van der Waals surface area (Å²) in [5.74, 6) is -0.490. The Kier molecular flexibility index (Phi) is 8.10. The van der Waals surface area contributed by atoms with E-state index in [0.29, 0.717) is 30.0 Å². The van der Waals surface area contributed by atoms with Crippen molar-refractivity contribution in [2.45, 2.75) is 44.6 Å². The number of hydrogen-bond acceptors (Lipinski definition) is 5. The molecule has 154 valence electrons. The summed E-state index contributed by atoms with van der Waals surface area (Å²) < 4.78 is 10.5. The zero-order valence-corrected chi connectivity index (χ0v) is 16.4. The van der Waals surface area contributed by atoms with Crippen LogP contribution in [-0.4, -0.2) is 55.1 Å². The minimum absolute atomic E-state index is 0.0355. The van der Waals surface area contributed by atoms with Gasteiger partial charge < -0.3 is 24.8 Å². The topological polar surface area (TPSA) is 105 Å². The molecule has 1 aliphatic rings. The van der Waals surface area contributed by atoms with Gasteiger partial charge in [-0.1, -0.05) is 12.8 Å². The van der Waals surface area contributed by atoms with E-state index in [9.17, 15) is 19.5 Å². The first-order chi connectivity index (χ1) is 13.4. The van der Waals surface area contributed by atoms with Gasteiger partial charge in [0.15, 0.2) is 0 Å². The Labute approximate surface area is 164 Å². The largest absolute Gasteiger partial charge is 0.497 e. The third kappa shape index (κ3) is 6.14. The van der Waals surface area contributed by atoms with Crippen LogP contribution in [0.4, 0.5) is 0 Å². The molecular formula is C20H28N2O6. The second-order valence-corrected chi connectivity index (χ2v) is 6.81. The third-order valence-electron chi connectivity index (χ3n) is 4.79. The predicted molar refractivity (Wildman–Crippen MR) is 102 cm³/mol. The Bertz CT molecular complexity index is 706. The summed E-state index contributed by atoms with van der Waals surface area (Å²) in [6, 6.07) is 4.21. The highest BCUT2D eigenvalue weighted by molar-refractivity contribution is 5.85. The minimum Gasteiger partial charge on any atom is -0.497 e. The lowest BCUT2D eigenvalue weighted by molar-refractivity contribution is -0.139. The summed E-state index contributed by atoms with van der Waals surface area (Å²) in [5.41, 5.74) is 0.540. The van der Waals surface area contributed by atoms with Crippen LogP contribution >= 0.6 is 0 Å². The molecule has 0 saturated carbocycles. The van der Waals surface area contributed by atoms with Gasteiger partial charge in [-0.2, -0.15) is 0 Å². The fraction of sp³-hybridized carbons (Fsp3) is 0.550. The zero-order valence-electron chi connectivity index (χ0n) is 16.4. The van der Waals surface area contributed by atoms with Crippen molar-refractivity contribution >= 4 is 17.8 Å². The van der Waals surface area contributed by atoms with Crippen molar-refractivity contribution in [3.05, 3.63) is 23.8 Å². The Morgan fingerprint density at radius 3 is 2.61 bits per heavy atom. The number of amides is 2. The van der Waals surface area contributed by atoms with E-state index in [1.165, 1.54) is 14.2 Å². The molecule has 2 rings (SSSR count). The fourth-order valence-electron chi connectivity index (χ4n) is 3.32. The van der Waals surface area contributed by atoms with Crippen molar-refractivity contribution in [3.8, 4) is 11.5 Å². The molecule has 1 saturated heterocycles. The van der Waals surface area contributed by atoms with Gasteiger partial charge in [0.05, 0.1) is 33.2 Å². The normalized spacial score (nSPS) is 15.9. The van der Waals surface area contributed by atoms with E-state index in [4.69, 9.17) is 9.47 Å². The van der Waals surface area contributed by atoms with Crippen molar-refractivity contribution in [1.29, 1.82) is 0 Å². The van der Waals surface area contributed by atoms with Crippen LogP contribution in [0.1, 0.15) is 50.1 Å². The number of likely N-dealkylation sites (tertiary alicyclic amines) is 1. The number of nitrogens with one attached hydrogen (secondary N) is 1. The van der Waals surface area contributed by atoms with E-state index in [2.05, 4.69) is 5.32 Å². The van der Waals surface area contributed by atoms with Gasteiger partial charge in [0, 0.05) is 24.6 Å². The highest BCUT2D eigenvalue weighted by Gasteiger charge is 2.24. The number of carboxylic acids is 1. The first kappa shape index (κ1) is 21.5. The molecule has 1 aliphatic heterocycles. The molecule has 28 heavy (non-hydrogen) atoms. The van der Waals surface area contributed by atoms with Crippen LogP contribution < -0.4 is 14.8 Å². The van der Waals surface area contributed by atoms with Gasteiger partial charge in [-0.3, -0.25) is 14.4 Å². The Hall–Kier alpha value is -2.77. The van der Waals surface area contributed by atoms with E-state index >= 15 is 0 Å². The number of nitrogens with zero attached hydrogens (tertiary/aromatic N) is 1. The molecule has 2 N–H and O–H groups in total. The van der Waals surface area contributed by atoms with E-state index in [0.717, 1.165) is 25.7 Å². The van der Waals surface area contributed by atoms with Crippen molar-refractivity contribution in [1.82, 2.24) is 10.2 Å². The molecule has 8 heteroatoms. The van der Waals surface area contributed by atoms with Crippen molar-refractivity contribution in [3.63, 3.8) is 0 Å². The van der Waals surface area contributed by atoms with Gasteiger partial charge in [0.2, 0.25) is 11.8 Å². The van der Waals surface area contributed by atoms with Crippen LogP contribution in [0.3, 0.4) is 0 Å². The molecule has 2 amide bonds. The van der Waals surface area contributed by atoms with Crippen molar-refractivity contribution in [2.75, 3.05) is 27.3 Å². The smallest absolute Gasteiger partial charge is 0.305 e. The second kappa shape index (κ2) is 10.5. The molecule has 8 nitrogen and oxygen atoms in total. The van der Waals surface area contributed by atoms with E-state index in [-0.39, 0.29) is 18.9 Å². The maximum atomic E-state index is 12.6. The second-order valence-electron chi connectivity index (χ2n) is 6.81. The minimum atomic E-state index is -1.05. The number of carbonyl (C=O) groups is 3. The van der Waals surface area contributed by atoms with Crippen LogP contribution in [0.5, 0.6) is 11.5 Å². The summed E-state index contributed by atoms with van der Waals surface area (Å²) in [5, 5.41) is 12.0. The van der Waals surface area contributed by atoms with E-state index in [1.807, 2.05) is 0 Å². The molecule has 1 unspecified atom stereocenters. The van der Waals surface area contributed by atoms with Gasteiger partial charge in [0.25, 0.3) is 0 Å². The number of carboxylic acid groups (broad SMARTS) is 1. The number of benzene rings is 1. The van der Waals surface area contributed by atoms with E-state index < -0.39 is 17.9 Å². The summed E-state index contributed by atoms with van der Waals surface area (Å²) in [7, 11) is 2.99. The van der Waals surface area contributed by atoms with Gasteiger partial charge in [-0.25, -0.2) is 0 Å². The Balaban J connectivity index is 2.14. The quantitative estimate of drug-likeness (QED) is 0.702. The summed E-state index contributed by atoms with van der Waals surface area (Å²) >= 11 is 0. The first-order valence-corrected chi connectivity index (χ1v) is 9.45. The molecule has 0 aromatic heterocycles. The van der Waals surface area contributed by atoms with Gasteiger partial charge >= 0.3 is 5.97 Å². The average Bonchev–Trinajstić information content (AvgIpc) is 2.66. The number of aliphatic carboxylic acids is 1. The lowest BCUT2D eigenvalue weighted by Gasteiger charge is -2.26. The molecule has 0 bridgehead atoms. The molecule has 0 radical (unpaired) electrons. The van der Waals surface area contributed by atoms with Crippen LogP contribution in [-0.2, 0) is 14.4 Å². The standard InChI is InChI=1S/C20H28N2O6/c1-27-14-8-9-15(17(11-14)28-2)16(12-20(25)26)21-18(23)13-22-10-6-4-3-5-7-19(22)24/h8-9,11,16H,3-7,10,12-13H2,1-2H3,(H,21,23)(H,25,26). The maximum absolute atomic E-state index is 12.6. The average molecular weight is 392 g/mol. The summed E-state index contributed by atoms with van der Waals surface area (Å²) in [4.78, 5) is 37.7. The predicted octanol–water partition coefficient (Wildman–Crippen LogP) is 2.13. The van der Waals surface area contributed by atoms with Gasteiger partial charge in [0.1, 0.15) is 11.5 Å². The van der Waals surface area contributed by atoms with Crippen molar-refractivity contribution in [2.24, 2.45) is 0 Å². The summed E-state index contributed by atoms with van der Waals surface area (Å²) in [6.07, 6.45) is 3.91. The SMILES string of the molecule is COc1ccc(C(CC(=O)O)NC(=O)CN2CCCCCCC2=O)c(OC)c1.